The van der Waals surface area contributed by atoms with Crippen LogP contribution in [-0.4, -0.2) is 60.3 Å². The topological polar surface area (TPSA) is 62.2 Å². The molecule has 1 aliphatic heterocycles. The van der Waals surface area contributed by atoms with Gasteiger partial charge in [0.1, 0.15) is 17.6 Å². The van der Waals surface area contributed by atoms with Gasteiger partial charge < -0.3 is 19.5 Å². The van der Waals surface area contributed by atoms with Gasteiger partial charge in [0.2, 0.25) is 0 Å². The maximum Gasteiger partial charge on any atom is 0.253 e. The molecule has 1 radical (unpaired) electrons. The molecule has 2 aromatic rings. The van der Waals surface area contributed by atoms with Crippen molar-refractivity contribution < 1.29 is 19.4 Å². The van der Waals surface area contributed by atoms with E-state index in [1.807, 2.05) is 49.1 Å². The van der Waals surface area contributed by atoms with Crippen molar-refractivity contribution in [2.24, 2.45) is 5.92 Å². The van der Waals surface area contributed by atoms with Crippen LogP contribution in [0.25, 0.3) is 0 Å². The number of carbonyl (C=O) groups is 1. The summed E-state index contributed by atoms with van der Waals surface area (Å²) in [5.74, 6) is 1.45. The molecule has 0 bridgehead atoms. The second kappa shape index (κ2) is 16.1. The third kappa shape index (κ3) is 10.6. The Morgan fingerprint density at radius 2 is 1.84 bits per heavy atom. The number of hydrogen-bond donors (Lipinski definition) is 1. The lowest BCUT2D eigenvalue weighted by Gasteiger charge is -2.35. The molecule has 1 heterocycles. The van der Waals surface area contributed by atoms with Crippen LogP contribution in [0, 0.1) is 12.3 Å². The van der Waals surface area contributed by atoms with Crippen LogP contribution >= 0.6 is 0 Å². The minimum Gasteiger partial charge on any atom is -0.508 e. The zero-order valence-electron chi connectivity index (χ0n) is 23.4. The lowest BCUT2D eigenvalue weighted by molar-refractivity contribution is -0.151. The van der Waals surface area contributed by atoms with E-state index in [9.17, 15) is 9.90 Å². The van der Waals surface area contributed by atoms with Gasteiger partial charge in [0, 0.05) is 44.7 Å². The number of allylic oxidation sites excluding steroid dienone is 2. The number of hydrogen-bond acceptors (Lipinski definition) is 5. The predicted molar refractivity (Wildman–Crippen MR) is 150 cm³/mol. The van der Waals surface area contributed by atoms with Crippen LogP contribution in [0.3, 0.4) is 0 Å². The second-order valence-electron chi connectivity index (χ2n) is 9.45. The minimum absolute atomic E-state index is 0.0153. The first-order chi connectivity index (χ1) is 17.9. The van der Waals surface area contributed by atoms with Gasteiger partial charge >= 0.3 is 0 Å². The van der Waals surface area contributed by atoms with E-state index in [0.29, 0.717) is 32.2 Å². The number of phenolic OH excluding ortho intramolecular Hbond substituents is 1. The first-order valence-corrected chi connectivity index (χ1v) is 13.5. The SMILES string of the molecule is CC.CCC1=C[CH]1.COc1ccccc1CN1CCO[C@@H](C(=O)N(Cc2ccc(O)cc2)CC(C)C)C1. The molecule has 1 atom stereocenters. The lowest BCUT2D eigenvalue weighted by Crippen LogP contribution is -2.51. The summed E-state index contributed by atoms with van der Waals surface area (Å²) in [5.41, 5.74) is 3.60. The summed E-state index contributed by atoms with van der Waals surface area (Å²) >= 11 is 0. The number of para-hydroxylation sites is 1. The zero-order chi connectivity index (χ0) is 27.2. The molecule has 1 aliphatic carbocycles. The van der Waals surface area contributed by atoms with Crippen molar-refractivity contribution in [3.05, 3.63) is 77.7 Å². The van der Waals surface area contributed by atoms with Crippen LogP contribution in [0.2, 0.25) is 0 Å². The fourth-order valence-corrected chi connectivity index (χ4v) is 4.06. The van der Waals surface area contributed by atoms with Crippen molar-refractivity contribution in [2.75, 3.05) is 33.4 Å². The molecular formula is C31H45N2O4. The van der Waals surface area contributed by atoms with E-state index in [1.54, 1.807) is 19.2 Å². The van der Waals surface area contributed by atoms with E-state index in [-0.39, 0.29) is 11.7 Å². The van der Waals surface area contributed by atoms with Crippen molar-refractivity contribution in [3.8, 4) is 11.5 Å². The number of amides is 1. The molecule has 6 heteroatoms. The normalized spacial score (nSPS) is 16.5. The van der Waals surface area contributed by atoms with Crippen molar-refractivity contribution in [1.82, 2.24) is 9.80 Å². The average molecular weight is 510 g/mol. The van der Waals surface area contributed by atoms with Gasteiger partial charge in [-0.1, -0.05) is 76.6 Å². The number of rotatable bonds is 9. The van der Waals surface area contributed by atoms with E-state index in [0.717, 1.165) is 30.0 Å². The Kier molecular flexibility index (Phi) is 13.2. The van der Waals surface area contributed by atoms with E-state index >= 15 is 0 Å². The summed E-state index contributed by atoms with van der Waals surface area (Å²) in [7, 11) is 1.68. The van der Waals surface area contributed by atoms with E-state index in [2.05, 4.69) is 44.2 Å². The van der Waals surface area contributed by atoms with Gasteiger partial charge in [0.15, 0.2) is 0 Å². The molecule has 203 valence electrons. The van der Waals surface area contributed by atoms with Gasteiger partial charge in [-0.2, -0.15) is 0 Å². The minimum atomic E-state index is -0.482. The molecule has 0 aromatic heterocycles. The first kappa shape index (κ1) is 30.4. The number of phenols is 1. The highest BCUT2D eigenvalue weighted by molar-refractivity contribution is 5.81. The molecule has 1 N–H and O–H groups in total. The molecule has 1 fully saturated rings. The van der Waals surface area contributed by atoms with E-state index < -0.39 is 6.10 Å². The van der Waals surface area contributed by atoms with Gasteiger partial charge in [-0.3, -0.25) is 9.69 Å². The van der Waals surface area contributed by atoms with Gasteiger partial charge in [0.25, 0.3) is 5.91 Å². The Hall–Kier alpha value is -2.83. The smallest absolute Gasteiger partial charge is 0.253 e. The van der Waals surface area contributed by atoms with Crippen molar-refractivity contribution in [2.45, 2.75) is 60.2 Å². The molecule has 6 nitrogen and oxygen atoms in total. The fraction of sp³-hybridized carbons (Fsp3) is 0.484. The van der Waals surface area contributed by atoms with Crippen LogP contribution in [0.4, 0.5) is 0 Å². The number of methoxy groups -OCH3 is 1. The Morgan fingerprint density at radius 3 is 2.41 bits per heavy atom. The summed E-state index contributed by atoms with van der Waals surface area (Å²) in [6.07, 6.45) is 5.02. The van der Waals surface area contributed by atoms with Crippen molar-refractivity contribution >= 4 is 5.91 Å². The van der Waals surface area contributed by atoms with Gasteiger partial charge in [-0.15, -0.1) is 0 Å². The largest absolute Gasteiger partial charge is 0.508 e. The molecular weight excluding hydrogens is 464 g/mol. The Labute approximate surface area is 223 Å². The molecule has 0 spiro atoms. The first-order valence-electron chi connectivity index (χ1n) is 13.5. The number of ether oxygens (including phenoxy) is 2. The number of aromatic hydroxyl groups is 1. The molecule has 0 unspecified atom stereocenters. The molecule has 0 saturated carbocycles. The molecule has 2 aliphatic rings. The number of morpholine rings is 1. The third-order valence-corrected chi connectivity index (χ3v) is 6.03. The second-order valence-corrected chi connectivity index (χ2v) is 9.45. The zero-order valence-corrected chi connectivity index (χ0v) is 23.4. The summed E-state index contributed by atoms with van der Waals surface area (Å²) in [6.45, 7) is 14.1. The highest BCUT2D eigenvalue weighted by atomic mass is 16.5. The van der Waals surface area contributed by atoms with Gasteiger partial charge in [0.05, 0.1) is 13.7 Å². The molecule has 1 amide bonds. The molecule has 2 aromatic carbocycles. The van der Waals surface area contributed by atoms with Crippen molar-refractivity contribution in [3.63, 3.8) is 0 Å². The van der Waals surface area contributed by atoms with E-state index in [4.69, 9.17) is 9.47 Å². The number of carbonyl (C=O) groups excluding carboxylic acids is 1. The van der Waals surface area contributed by atoms with Gasteiger partial charge in [-0.25, -0.2) is 0 Å². The molecule has 1 saturated heterocycles. The summed E-state index contributed by atoms with van der Waals surface area (Å²) in [6, 6.07) is 15.0. The monoisotopic (exact) mass is 509 g/mol. The summed E-state index contributed by atoms with van der Waals surface area (Å²) in [4.78, 5) is 17.4. The van der Waals surface area contributed by atoms with Crippen LogP contribution in [-0.2, 0) is 22.6 Å². The highest BCUT2D eigenvalue weighted by Gasteiger charge is 2.31. The molecule has 37 heavy (non-hydrogen) atoms. The quantitative estimate of drug-likeness (QED) is 0.459. The van der Waals surface area contributed by atoms with Crippen LogP contribution in [0.1, 0.15) is 52.2 Å². The third-order valence-electron chi connectivity index (χ3n) is 6.03. The summed E-state index contributed by atoms with van der Waals surface area (Å²) < 4.78 is 11.3. The Bertz CT molecular complexity index is 971. The maximum atomic E-state index is 13.3. The van der Waals surface area contributed by atoms with E-state index in [1.165, 1.54) is 12.0 Å². The van der Waals surface area contributed by atoms with Crippen LogP contribution in [0.5, 0.6) is 11.5 Å². The standard InChI is InChI=1S/C24H32N2O4.C5H7.C2H6/c1-18(2)14-26(15-19-8-10-21(27)11-9-19)24(28)23-17-25(12-13-30-23)16-20-6-4-5-7-22(20)29-3;1-2-5-3-4-5;1-2/h4-11,18,23,27H,12-17H2,1-3H3;3-4H,2H2,1H3;1-2H3/t23-;;/m1../s1. The van der Waals surface area contributed by atoms with Gasteiger partial charge in [-0.05, 0) is 36.1 Å². The fourth-order valence-electron chi connectivity index (χ4n) is 4.06. The van der Waals surface area contributed by atoms with Crippen LogP contribution in [0.15, 0.2) is 60.2 Å². The summed E-state index contributed by atoms with van der Waals surface area (Å²) in [5, 5.41) is 9.52. The number of benzene rings is 2. The van der Waals surface area contributed by atoms with Crippen LogP contribution < -0.4 is 4.74 Å². The Morgan fingerprint density at radius 1 is 1.16 bits per heavy atom. The average Bonchev–Trinajstić information content (AvgIpc) is 3.76. The Balaban J connectivity index is 0.000000602. The predicted octanol–water partition coefficient (Wildman–Crippen LogP) is 5.85. The molecule has 4 rings (SSSR count). The maximum absolute atomic E-state index is 13.3. The lowest BCUT2D eigenvalue weighted by atomic mass is 10.1. The van der Waals surface area contributed by atoms with Crippen molar-refractivity contribution in [1.29, 1.82) is 0 Å². The number of nitrogens with zero attached hydrogens (tertiary/aromatic N) is 2. The highest BCUT2D eigenvalue weighted by Crippen LogP contribution is 2.22.